The number of aryl methyl sites for hydroxylation is 1. The number of carbonyl (C=O) groups is 4. The van der Waals surface area contributed by atoms with Gasteiger partial charge in [-0.3, -0.25) is 19.7 Å². The fourth-order valence-corrected chi connectivity index (χ4v) is 2.86. The maximum absolute atomic E-state index is 12.8. The first-order valence-electron chi connectivity index (χ1n) is 9.15. The summed E-state index contributed by atoms with van der Waals surface area (Å²) >= 11 is 0. The molecule has 8 heteroatoms. The van der Waals surface area contributed by atoms with Crippen LogP contribution in [0.1, 0.15) is 30.1 Å². The van der Waals surface area contributed by atoms with Gasteiger partial charge in [0.1, 0.15) is 6.04 Å². The summed E-state index contributed by atoms with van der Waals surface area (Å²) in [5.74, 6) is -1.62. The second-order valence-electron chi connectivity index (χ2n) is 6.69. The van der Waals surface area contributed by atoms with Crippen LogP contribution in [0.4, 0.5) is 10.5 Å². The summed E-state index contributed by atoms with van der Waals surface area (Å²) in [4.78, 5) is 47.8. The van der Waals surface area contributed by atoms with Gasteiger partial charge < -0.3 is 15.4 Å². The number of benzene rings is 2. The summed E-state index contributed by atoms with van der Waals surface area (Å²) in [7, 11) is 0. The summed E-state index contributed by atoms with van der Waals surface area (Å²) < 4.78 is 5.42. The minimum absolute atomic E-state index is 0.0809. The van der Waals surface area contributed by atoms with Crippen LogP contribution in [-0.2, 0) is 19.1 Å². The Hall–Kier alpha value is -3.68. The number of urea groups is 1. The van der Waals surface area contributed by atoms with Crippen LogP contribution in [0.25, 0.3) is 0 Å². The molecule has 2 aromatic rings. The van der Waals surface area contributed by atoms with Gasteiger partial charge in [-0.1, -0.05) is 48.0 Å². The molecule has 0 aromatic heterocycles. The molecule has 0 aliphatic carbocycles. The molecule has 1 fully saturated rings. The molecule has 29 heavy (non-hydrogen) atoms. The summed E-state index contributed by atoms with van der Waals surface area (Å²) in [6.45, 7) is 1.94. The maximum atomic E-state index is 12.8. The van der Waals surface area contributed by atoms with Gasteiger partial charge in [0.25, 0.3) is 11.8 Å². The van der Waals surface area contributed by atoms with Crippen molar-refractivity contribution in [1.29, 1.82) is 0 Å². The van der Waals surface area contributed by atoms with Gasteiger partial charge in [0, 0.05) is 17.7 Å². The van der Waals surface area contributed by atoms with Crippen LogP contribution in [0.15, 0.2) is 54.6 Å². The van der Waals surface area contributed by atoms with Gasteiger partial charge >= 0.3 is 12.0 Å². The maximum Gasteiger partial charge on any atom is 0.322 e. The zero-order chi connectivity index (χ0) is 20.8. The normalized spacial score (nSPS) is 16.5. The molecular weight excluding hydrogens is 374 g/mol. The summed E-state index contributed by atoms with van der Waals surface area (Å²) in [5, 5.41) is 7.26. The number of carbonyl (C=O) groups excluding carboxylic acids is 4. The molecule has 2 atom stereocenters. The molecule has 0 spiro atoms. The van der Waals surface area contributed by atoms with Gasteiger partial charge in [-0.05, 0) is 25.5 Å². The third-order valence-corrected chi connectivity index (χ3v) is 4.40. The first-order chi connectivity index (χ1) is 13.9. The molecule has 150 valence electrons. The van der Waals surface area contributed by atoms with Crippen molar-refractivity contribution >= 4 is 29.5 Å². The summed E-state index contributed by atoms with van der Waals surface area (Å²) in [5.41, 5.74) is 2.16. The number of rotatable bonds is 7. The molecule has 0 unspecified atom stereocenters. The molecule has 3 rings (SSSR count). The third-order valence-electron chi connectivity index (χ3n) is 4.40. The Kier molecular flexibility index (Phi) is 6.23. The largest absolute Gasteiger partial charge is 0.447 e. The number of ether oxygens (including phenoxy) is 1. The predicted octanol–water partition coefficient (Wildman–Crippen LogP) is 2.21. The number of imide groups is 1. The Morgan fingerprint density at radius 1 is 1.07 bits per heavy atom. The molecule has 0 radical (unpaired) electrons. The molecule has 8 nitrogen and oxygen atoms in total. The third kappa shape index (κ3) is 5.41. The van der Waals surface area contributed by atoms with E-state index in [1.165, 1.54) is 0 Å². The SMILES string of the molecule is Cc1ccc(NC(=O)[C@@H](OC(=O)CC[C@@H]2NC(=O)NC2=O)c2ccccc2)cc1. The van der Waals surface area contributed by atoms with E-state index in [0.717, 1.165) is 5.56 Å². The van der Waals surface area contributed by atoms with E-state index in [-0.39, 0.29) is 12.8 Å². The van der Waals surface area contributed by atoms with E-state index >= 15 is 0 Å². The fourth-order valence-electron chi connectivity index (χ4n) is 2.86. The second kappa shape index (κ2) is 9.01. The molecule has 1 saturated heterocycles. The molecule has 3 N–H and O–H groups in total. The van der Waals surface area contributed by atoms with Crippen LogP contribution < -0.4 is 16.0 Å². The van der Waals surface area contributed by atoms with E-state index in [1.54, 1.807) is 42.5 Å². The number of nitrogens with one attached hydrogen (secondary N) is 3. The number of esters is 1. The standard InChI is InChI=1S/C21H21N3O5/c1-13-7-9-15(10-8-13)22-20(27)18(14-5-3-2-4-6-14)29-17(25)12-11-16-19(26)24-21(28)23-16/h2-10,16,18H,11-12H2,1H3,(H,22,27)(H2,23,24,26,28)/t16-,18-/m0/s1. The Bertz CT molecular complexity index is 912. The van der Waals surface area contributed by atoms with Gasteiger partial charge in [0.2, 0.25) is 6.10 Å². The van der Waals surface area contributed by atoms with Crippen molar-refractivity contribution in [1.82, 2.24) is 10.6 Å². The quantitative estimate of drug-likeness (QED) is 0.491. The molecule has 1 aliphatic rings. The molecule has 2 aromatic carbocycles. The van der Waals surface area contributed by atoms with Crippen LogP contribution in [0.2, 0.25) is 0 Å². The van der Waals surface area contributed by atoms with Crippen molar-refractivity contribution < 1.29 is 23.9 Å². The predicted molar refractivity (Wildman–Crippen MR) is 105 cm³/mol. The van der Waals surface area contributed by atoms with Crippen molar-refractivity contribution in [3.05, 3.63) is 65.7 Å². The van der Waals surface area contributed by atoms with E-state index in [1.807, 2.05) is 19.1 Å². The second-order valence-corrected chi connectivity index (χ2v) is 6.69. The van der Waals surface area contributed by atoms with E-state index < -0.39 is 36.0 Å². The fraction of sp³-hybridized carbons (Fsp3) is 0.238. The Morgan fingerprint density at radius 2 is 1.76 bits per heavy atom. The highest BCUT2D eigenvalue weighted by Gasteiger charge is 2.31. The van der Waals surface area contributed by atoms with E-state index in [4.69, 9.17) is 4.74 Å². The van der Waals surface area contributed by atoms with Crippen LogP contribution in [-0.4, -0.2) is 29.9 Å². The van der Waals surface area contributed by atoms with E-state index in [2.05, 4.69) is 16.0 Å². The van der Waals surface area contributed by atoms with Crippen molar-refractivity contribution in [2.24, 2.45) is 0 Å². The molecule has 0 bridgehead atoms. The average molecular weight is 395 g/mol. The summed E-state index contributed by atoms with van der Waals surface area (Å²) in [6, 6.07) is 14.5. The van der Waals surface area contributed by atoms with Gasteiger partial charge in [0.15, 0.2) is 0 Å². The number of hydrogen-bond acceptors (Lipinski definition) is 5. The van der Waals surface area contributed by atoms with Gasteiger partial charge in [-0.25, -0.2) is 4.79 Å². The average Bonchev–Trinajstić information content (AvgIpc) is 3.04. The van der Waals surface area contributed by atoms with Crippen molar-refractivity contribution in [2.45, 2.75) is 31.9 Å². The number of amides is 4. The van der Waals surface area contributed by atoms with Crippen molar-refractivity contribution in [3.8, 4) is 0 Å². The highest BCUT2D eigenvalue weighted by molar-refractivity contribution is 6.04. The molecular formula is C21H21N3O5. The minimum Gasteiger partial charge on any atom is -0.447 e. The van der Waals surface area contributed by atoms with Crippen molar-refractivity contribution in [3.63, 3.8) is 0 Å². The molecule has 1 aliphatic heterocycles. The Balaban J connectivity index is 1.66. The lowest BCUT2D eigenvalue weighted by Gasteiger charge is -2.18. The smallest absolute Gasteiger partial charge is 0.322 e. The Morgan fingerprint density at radius 3 is 2.38 bits per heavy atom. The topological polar surface area (TPSA) is 114 Å². The molecule has 0 saturated carbocycles. The van der Waals surface area contributed by atoms with Gasteiger partial charge in [-0.2, -0.15) is 0 Å². The lowest BCUT2D eigenvalue weighted by Crippen LogP contribution is -2.30. The monoisotopic (exact) mass is 395 g/mol. The van der Waals surface area contributed by atoms with E-state index in [9.17, 15) is 19.2 Å². The first kappa shape index (κ1) is 20.1. The Labute approximate surface area is 167 Å². The zero-order valence-electron chi connectivity index (χ0n) is 15.8. The lowest BCUT2D eigenvalue weighted by atomic mass is 10.1. The summed E-state index contributed by atoms with van der Waals surface area (Å²) in [6.07, 6.45) is -1.19. The molecule has 4 amide bonds. The van der Waals surface area contributed by atoms with Gasteiger partial charge in [0.05, 0.1) is 0 Å². The molecule has 1 heterocycles. The van der Waals surface area contributed by atoms with Crippen LogP contribution in [0.5, 0.6) is 0 Å². The van der Waals surface area contributed by atoms with Crippen LogP contribution in [0, 0.1) is 6.92 Å². The van der Waals surface area contributed by atoms with Gasteiger partial charge in [-0.15, -0.1) is 0 Å². The van der Waals surface area contributed by atoms with Crippen LogP contribution in [0.3, 0.4) is 0 Å². The highest BCUT2D eigenvalue weighted by atomic mass is 16.5. The van der Waals surface area contributed by atoms with E-state index in [0.29, 0.717) is 11.3 Å². The number of hydrogen-bond donors (Lipinski definition) is 3. The zero-order valence-corrected chi connectivity index (χ0v) is 15.8. The number of anilines is 1. The minimum atomic E-state index is -1.14. The highest BCUT2D eigenvalue weighted by Crippen LogP contribution is 2.21. The van der Waals surface area contributed by atoms with Crippen molar-refractivity contribution in [2.75, 3.05) is 5.32 Å². The first-order valence-corrected chi connectivity index (χ1v) is 9.15. The lowest BCUT2D eigenvalue weighted by molar-refractivity contribution is -0.155. The van der Waals surface area contributed by atoms with Crippen LogP contribution >= 0.6 is 0 Å².